The second kappa shape index (κ2) is 8.43. The molecule has 0 fully saturated rings. The van der Waals surface area contributed by atoms with Crippen LogP contribution in [0.2, 0.25) is 0 Å². The van der Waals surface area contributed by atoms with E-state index in [1.807, 2.05) is 0 Å². The van der Waals surface area contributed by atoms with E-state index in [9.17, 15) is 22.8 Å². The molecule has 11 heteroatoms. The van der Waals surface area contributed by atoms with Crippen LogP contribution < -0.4 is 11.1 Å². The summed E-state index contributed by atoms with van der Waals surface area (Å²) < 4.78 is 46.9. The van der Waals surface area contributed by atoms with E-state index in [4.69, 9.17) is 10.5 Å². The molecule has 0 aliphatic carbocycles. The van der Waals surface area contributed by atoms with Crippen molar-refractivity contribution in [3.05, 3.63) is 77.2 Å². The Hall–Kier alpha value is -4.12. The molecule has 0 bridgehead atoms. The third-order valence-electron chi connectivity index (χ3n) is 4.93. The molecule has 0 unspecified atom stereocenters. The largest absolute Gasteiger partial charge is 0.417 e. The van der Waals surface area contributed by atoms with Crippen molar-refractivity contribution in [2.75, 3.05) is 12.4 Å². The van der Waals surface area contributed by atoms with Crippen molar-refractivity contribution >= 4 is 28.5 Å². The topological polar surface area (TPSA) is 115 Å². The number of hydrogen-bond acceptors (Lipinski definition) is 4. The van der Waals surface area contributed by atoms with E-state index in [2.05, 4.69) is 15.3 Å². The van der Waals surface area contributed by atoms with Crippen LogP contribution in [0.15, 0.2) is 54.7 Å². The fourth-order valence-electron chi connectivity index (χ4n) is 3.57. The number of anilines is 1. The number of ether oxygens (including phenoxy) is 1. The third-order valence-corrected chi connectivity index (χ3v) is 4.93. The summed E-state index contributed by atoms with van der Waals surface area (Å²) >= 11 is 0. The lowest BCUT2D eigenvalue weighted by molar-refractivity contribution is -0.137. The number of alkyl halides is 3. The standard InChI is InChI=1S/C22H18F3N5O3/c1-33-11-18-29-19-14(20(26)31)9-12(10-16(19)30(18)17-7-4-8-27-17)28-21(32)13-5-2-3-6-15(13)22(23,24)25/h2-10,27H,11H2,1H3,(H2,26,31)(H,28,32). The van der Waals surface area contributed by atoms with Gasteiger partial charge in [0.15, 0.2) is 0 Å². The minimum Gasteiger partial charge on any atom is -0.377 e. The number of carbonyl (C=O) groups excluding carboxylic acids is 2. The van der Waals surface area contributed by atoms with Crippen molar-refractivity contribution in [1.82, 2.24) is 14.5 Å². The Kier molecular flexibility index (Phi) is 5.64. The van der Waals surface area contributed by atoms with E-state index in [1.54, 1.807) is 22.9 Å². The molecule has 0 saturated heterocycles. The average molecular weight is 457 g/mol. The van der Waals surface area contributed by atoms with Crippen LogP contribution in [0.25, 0.3) is 16.9 Å². The Balaban J connectivity index is 1.85. The quantitative estimate of drug-likeness (QED) is 0.408. The summed E-state index contributed by atoms with van der Waals surface area (Å²) in [5.41, 5.74) is 4.65. The molecular weight excluding hydrogens is 439 g/mol. The molecule has 170 valence electrons. The molecule has 8 nitrogen and oxygen atoms in total. The van der Waals surface area contributed by atoms with E-state index >= 15 is 0 Å². The molecule has 0 saturated carbocycles. The van der Waals surface area contributed by atoms with Gasteiger partial charge in [0.1, 0.15) is 23.8 Å². The molecule has 0 aliphatic heterocycles. The van der Waals surface area contributed by atoms with Gasteiger partial charge in [-0.25, -0.2) is 4.98 Å². The van der Waals surface area contributed by atoms with Crippen molar-refractivity contribution in [3.8, 4) is 5.82 Å². The first-order valence-electron chi connectivity index (χ1n) is 9.66. The summed E-state index contributed by atoms with van der Waals surface area (Å²) in [6, 6.07) is 10.7. The predicted octanol–water partition coefficient (Wildman–Crippen LogP) is 3.87. The average Bonchev–Trinajstić information content (AvgIpc) is 3.40. The van der Waals surface area contributed by atoms with Crippen molar-refractivity contribution in [1.29, 1.82) is 0 Å². The normalized spacial score (nSPS) is 11.6. The number of amides is 2. The maximum Gasteiger partial charge on any atom is 0.417 e. The molecule has 4 aromatic rings. The molecule has 4 N–H and O–H groups in total. The van der Waals surface area contributed by atoms with Gasteiger partial charge in [-0.15, -0.1) is 0 Å². The van der Waals surface area contributed by atoms with Gasteiger partial charge < -0.3 is 20.8 Å². The fraction of sp³-hybridized carbons (Fsp3) is 0.136. The molecule has 0 radical (unpaired) electrons. The number of H-pyrrole nitrogens is 1. The molecule has 2 aromatic carbocycles. The smallest absolute Gasteiger partial charge is 0.377 e. The first-order chi connectivity index (χ1) is 15.7. The lowest BCUT2D eigenvalue weighted by Crippen LogP contribution is -2.19. The highest BCUT2D eigenvalue weighted by Gasteiger charge is 2.35. The Morgan fingerprint density at radius 3 is 2.55 bits per heavy atom. The molecule has 0 spiro atoms. The van der Waals surface area contributed by atoms with Crippen LogP contribution in [0.1, 0.15) is 32.1 Å². The number of nitrogens with one attached hydrogen (secondary N) is 2. The SMILES string of the molecule is COCc1nc2c(C(N)=O)cc(NC(=O)c3ccccc3C(F)(F)F)cc2n1-c1ccc[nH]1. The van der Waals surface area contributed by atoms with Crippen LogP contribution in [0.5, 0.6) is 0 Å². The molecule has 2 amide bonds. The summed E-state index contributed by atoms with van der Waals surface area (Å²) in [6.07, 6.45) is -3.02. The lowest BCUT2D eigenvalue weighted by atomic mass is 10.1. The zero-order chi connectivity index (χ0) is 23.8. The first-order valence-corrected chi connectivity index (χ1v) is 9.66. The number of fused-ring (bicyclic) bond motifs is 1. The number of hydrogen-bond donors (Lipinski definition) is 3. The summed E-state index contributed by atoms with van der Waals surface area (Å²) in [5.74, 6) is -0.748. The number of carbonyl (C=O) groups is 2. The Bertz CT molecular complexity index is 1340. The van der Waals surface area contributed by atoms with Gasteiger partial charge in [0, 0.05) is 19.0 Å². The summed E-state index contributed by atoms with van der Waals surface area (Å²) in [5, 5.41) is 2.44. The van der Waals surface area contributed by atoms with Gasteiger partial charge in [-0.2, -0.15) is 13.2 Å². The van der Waals surface area contributed by atoms with E-state index in [0.29, 0.717) is 17.2 Å². The zero-order valence-electron chi connectivity index (χ0n) is 17.2. The zero-order valence-corrected chi connectivity index (χ0v) is 17.2. The molecule has 2 heterocycles. The van der Waals surface area contributed by atoms with Crippen molar-refractivity contribution in [3.63, 3.8) is 0 Å². The van der Waals surface area contributed by atoms with Gasteiger partial charge in [-0.05, 0) is 36.4 Å². The van der Waals surface area contributed by atoms with Crippen LogP contribution >= 0.6 is 0 Å². The second-order valence-electron chi connectivity index (χ2n) is 7.11. The monoisotopic (exact) mass is 457 g/mol. The fourth-order valence-corrected chi connectivity index (χ4v) is 3.57. The Morgan fingerprint density at radius 1 is 1.15 bits per heavy atom. The molecule has 4 rings (SSSR count). The highest BCUT2D eigenvalue weighted by Crippen LogP contribution is 2.33. The van der Waals surface area contributed by atoms with Crippen LogP contribution in [0.3, 0.4) is 0 Å². The van der Waals surface area contributed by atoms with E-state index in [-0.39, 0.29) is 23.4 Å². The molecule has 0 atom stereocenters. The Morgan fingerprint density at radius 2 is 1.91 bits per heavy atom. The van der Waals surface area contributed by atoms with Crippen molar-refractivity contribution in [2.45, 2.75) is 12.8 Å². The molecule has 0 aliphatic rings. The first kappa shape index (κ1) is 22.1. The van der Waals surface area contributed by atoms with Crippen molar-refractivity contribution < 1.29 is 27.5 Å². The Labute approximate surface area is 185 Å². The number of halogens is 3. The van der Waals surface area contributed by atoms with Crippen LogP contribution in [0, 0.1) is 0 Å². The maximum atomic E-state index is 13.3. The van der Waals surface area contributed by atoms with E-state index < -0.39 is 29.1 Å². The van der Waals surface area contributed by atoms with Gasteiger partial charge in [0.05, 0.1) is 22.2 Å². The van der Waals surface area contributed by atoms with Crippen LogP contribution in [-0.2, 0) is 17.5 Å². The molecular formula is C22H18F3N5O3. The number of methoxy groups -OCH3 is 1. The van der Waals surface area contributed by atoms with Crippen LogP contribution in [-0.4, -0.2) is 33.5 Å². The van der Waals surface area contributed by atoms with Gasteiger partial charge in [-0.1, -0.05) is 12.1 Å². The summed E-state index contributed by atoms with van der Waals surface area (Å²) in [6.45, 7) is 0.104. The minimum absolute atomic E-state index is 0.00503. The predicted molar refractivity (Wildman–Crippen MR) is 114 cm³/mol. The number of rotatable bonds is 6. The summed E-state index contributed by atoms with van der Waals surface area (Å²) in [4.78, 5) is 32.4. The van der Waals surface area contributed by atoms with Gasteiger partial charge >= 0.3 is 6.18 Å². The van der Waals surface area contributed by atoms with E-state index in [0.717, 1.165) is 12.1 Å². The van der Waals surface area contributed by atoms with Gasteiger partial charge in [0.2, 0.25) is 0 Å². The third kappa shape index (κ3) is 4.17. The number of aromatic nitrogens is 3. The highest BCUT2D eigenvalue weighted by atomic mass is 19.4. The number of aromatic amines is 1. The van der Waals surface area contributed by atoms with Crippen LogP contribution in [0.4, 0.5) is 18.9 Å². The number of imidazole rings is 1. The number of nitrogens with zero attached hydrogens (tertiary/aromatic N) is 2. The lowest BCUT2D eigenvalue weighted by Gasteiger charge is -2.13. The van der Waals surface area contributed by atoms with Gasteiger partial charge in [-0.3, -0.25) is 14.2 Å². The summed E-state index contributed by atoms with van der Waals surface area (Å²) in [7, 11) is 1.48. The number of primary amides is 1. The van der Waals surface area contributed by atoms with E-state index in [1.165, 1.54) is 31.4 Å². The molecule has 33 heavy (non-hydrogen) atoms. The van der Waals surface area contributed by atoms with Gasteiger partial charge in [0.25, 0.3) is 11.8 Å². The van der Waals surface area contributed by atoms with Crippen molar-refractivity contribution in [2.24, 2.45) is 5.73 Å². The second-order valence-corrected chi connectivity index (χ2v) is 7.11. The minimum atomic E-state index is -4.71. The maximum absolute atomic E-state index is 13.3. The molecule has 2 aromatic heterocycles. The number of nitrogens with two attached hydrogens (primary N) is 1. The highest BCUT2D eigenvalue weighted by molar-refractivity contribution is 6.10. The number of benzene rings is 2.